The second-order valence-corrected chi connectivity index (χ2v) is 7.24. The Bertz CT molecular complexity index is 620. The summed E-state index contributed by atoms with van der Waals surface area (Å²) in [4.78, 5) is 13.3. The third kappa shape index (κ3) is 3.25. The Morgan fingerprint density at radius 1 is 1.14 bits per heavy atom. The van der Waals surface area contributed by atoms with E-state index in [0.717, 1.165) is 0 Å². The number of benzene rings is 1. The summed E-state index contributed by atoms with van der Waals surface area (Å²) in [5, 5.41) is 9.15. The predicted molar refractivity (Wildman–Crippen MR) is 78.9 cm³/mol. The second-order valence-electron chi connectivity index (χ2n) is 5.34. The fourth-order valence-corrected chi connectivity index (χ4v) is 4.07. The standard InChI is InChI=1S/C14H20N2O4S/c1-11(2)15-7-9-16(10-8-15)21(19,20)13-6-4-3-5-12(13)14(17)18/h3-6,11H,7-10H2,1-2H3,(H,17,18). The van der Waals surface area contributed by atoms with E-state index in [1.165, 1.54) is 22.5 Å². The highest BCUT2D eigenvalue weighted by atomic mass is 32.2. The Labute approximate surface area is 125 Å². The van der Waals surface area contributed by atoms with Crippen molar-refractivity contribution >= 4 is 16.0 Å². The van der Waals surface area contributed by atoms with E-state index in [2.05, 4.69) is 18.7 Å². The highest BCUT2D eigenvalue weighted by Crippen LogP contribution is 2.22. The van der Waals surface area contributed by atoms with Crippen molar-refractivity contribution in [2.75, 3.05) is 26.2 Å². The van der Waals surface area contributed by atoms with Gasteiger partial charge in [0.15, 0.2) is 0 Å². The maximum absolute atomic E-state index is 12.6. The molecule has 1 saturated heterocycles. The smallest absolute Gasteiger partial charge is 0.337 e. The van der Waals surface area contributed by atoms with Crippen LogP contribution in [0.5, 0.6) is 0 Å². The zero-order valence-corrected chi connectivity index (χ0v) is 13.0. The van der Waals surface area contributed by atoms with Crippen molar-refractivity contribution in [3.8, 4) is 0 Å². The molecule has 0 aliphatic carbocycles. The molecule has 2 rings (SSSR count). The van der Waals surface area contributed by atoms with Crippen molar-refractivity contribution in [3.05, 3.63) is 29.8 Å². The molecule has 1 N–H and O–H groups in total. The Kier molecular flexibility index (Phi) is 4.65. The summed E-state index contributed by atoms with van der Waals surface area (Å²) >= 11 is 0. The van der Waals surface area contributed by atoms with Crippen molar-refractivity contribution < 1.29 is 18.3 Å². The summed E-state index contributed by atoms with van der Waals surface area (Å²) in [6.45, 7) is 6.23. The SMILES string of the molecule is CC(C)N1CCN(S(=O)(=O)c2ccccc2C(=O)O)CC1. The molecule has 1 aromatic carbocycles. The number of aromatic carboxylic acids is 1. The van der Waals surface area contributed by atoms with Crippen LogP contribution in [-0.2, 0) is 10.0 Å². The first-order valence-corrected chi connectivity index (χ1v) is 8.34. The lowest BCUT2D eigenvalue weighted by molar-refractivity contribution is 0.0692. The molecule has 0 atom stereocenters. The molecule has 0 bridgehead atoms. The van der Waals surface area contributed by atoms with E-state index in [-0.39, 0.29) is 10.5 Å². The van der Waals surface area contributed by atoms with E-state index < -0.39 is 16.0 Å². The van der Waals surface area contributed by atoms with E-state index in [1.54, 1.807) is 6.07 Å². The third-order valence-corrected chi connectivity index (χ3v) is 5.70. The Morgan fingerprint density at radius 3 is 2.24 bits per heavy atom. The van der Waals surface area contributed by atoms with Crippen LogP contribution in [0.3, 0.4) is 0 Å². The number of carboxylic acids is 1. The maximum Gasteiger partial charge on any atom is 0.337 e. The molecule has 1 aliphatic heterocycles. The number of rotatable bonds is 4. The highest BCUT2D eigenvalue weighted by Gasteiger charge is 2.31. The first kappa shape index (κ1) is 15.9. The molecular weight excluding hydrogens is 292 g/mol. The normalized spacial score (nSPS) is 18.0. The van der Waals surface area contributed by atoms with Crippen LogP contribution in [0.4, 0.5) is 0 Å². The minimum atomic E-state index is -3.76. The van der Waals surface area contributed by atoms with E-state index >= 15 is 0 Å². The van der Waals surface area contributed by atoms with Gasteiger partial charge in [-0.1, -0.05) is 12.1 Å². The van der Waals surface area contributed by atoms with Crippen LogP contribution in [0, 0.1) is 0 Å². The molecular formula is C14H20N2O4S. The monoisotopic (exact) mass is 312 g/mol. The van der Waals surface area contributed by atoms with Gasteiger partial charge in [-0.05, 0) is 26.0 Å². The van der Waals surface area contributed by atoms with Gasteiger partial charge in [0.25, 0.3) is 0 Å². The van der Waals surface area contributed by atoms with E-state index in [1.807, 2.05) is 0 Å². The van der Waals surface area contributed by atoms with E-state index in [0.29, 0.717) is 32.2 Å². The topological polar surface area (TPSA) is 77.9 Å². The maximum atomic E-state index is 12.6. The molecule has 0 unspecified atom stereocenters. The van der Waals surface area contributed by atoms with Crippen molar-refractivity contribution in [2.24, 2.45) is 0 Å². The van der Waals surface area contributed by atoms with Crippen LogP contribution in [-0.4, -0.2) is 60.9 Å². The molecule has 1 fully saturated rings. The molecule has 1 aromatic rings. The van der Waals surface area contributed by atoms with Gasteiger partial charge in [-0.3, -0.25) is 4.90 Å². The minimum absolute atomic E-state index is 0.129. The summed E-state index contributed by atoms with van der Waals surface area (Å²) in [5.41, 5.74) is -0.177. The number of carbonyl (C=O) groups is 1. The largest absolute Gasteiger partial charge is 0.478 e. The lowest BCUT2D eigenvalue weighted by Crippen LogP contribution is -2.50. The van der Waals surface area contributed by atoms with Gasteiger partial charge in [-0.2, -0.15) is 4.31 Å². The minimum Gasteiger partial charge on any atom is -0.478 e. The summed E-state index contributed by atoms with van der Waals surface area (Å²) in [5.74, 6) is -1.23. The zero-order chi connectivity index (χ0) is 15.6. The molecule has 1 aliphatic rings. The predicted octanol–water partition coefficient (Wildman–Crippen LogP) is 1.10. The molecule has 0 spiro atoms. The lowest BCUT2D eigenvalue weighted by Gasteiger charge is -2.36. The number of nitrogens with zero attached hydrogens (tertiary/aromatic N) is 2. The van der Waals surface area contributed by atoms with Crippen LogP contribution >= 0.6 is 0 Å². The average molecular weight is 312 g/mol. The number of sulfonamides is 1. The van der Waals surface area contributed by atoms with Crippen molar-refractivity contribution in [3.63, 3.8) is 0 Å². The quantitative estimate of drug-likeness (QED) is 0.901. The van der Waals surface area contributed by atoms with Crippen molar-refractivity contribution in [2.45, 2.75) is 24.8 Å². The Morgan fingerprint density at radius 2 is 1.71 bits per heavy atom. The van der Waals surface area contributed by atoms with Crippen molar-refractivity contribution in [1.29, 1.82) is 0 Å². The highest BCUT2D eigenvalue weighted by molar-refractivity contribution is 7.89. The summed E-state index contributed by atoms with van der Waals surface area (Å²) in [6, 6.07) is 6.12. The molecule has 116 valence electrons. The summed E-state index contributed by atoms with van der Waals surface area (Å²) in [6.07, 6.45) is 0. The number of carboxylic acid groups (broad SMARTS) is 1. The van der Waals surface area contributed by atoms with Gasteiger partial charge in [0.05, 0.1) is 10.5 Å². The second kappa shape index (κ2) is 6.13. The molecule has 0 amide bonds. The first-order valence-electron chi connectivity index (χ1n) is 6.90. The van der Waals surface area contributed by atoms with Gasteiger partial charge in [0, 0.05) is 32.2 Å². The molecule has 7 heteroatoms. The van der Waals surface area contributed by atoms with Gasteiger partial charge in [-0.25, -0.2) is 13.2 Å². The molecule has 0 saturated carbocycles. The van der Waals surface area contributed by atoms with Crippen molar-refractivity contribution in [1.82, 2.24) is 9.21 Å². The van der Waals surface area contributed by atoms with Gasteiger partial charge in [-0.15, -0.1) is 0 Å². The van der Waals surface area contributed by atoms with E-state index in [9.17, 15) is 13.2 Å². The number of hydrogen-bond acceptors (Lipinski definition) is 4. The number of piperazine rings is 1. The van der Waals surface area contributed by atoms with Gasteiger partial charge >= 0.3 is 5.97 Å². The first-order chi connectivity index (χ1) is 9.84. The van der Waals surface area contributed by atoms with Crippen LogP contribution in [0.1, 0.15) is 24.2 Å². The summed E-state index contributed by atoms with van der Waals surface area (Å²) < 4.78 is 26.6. The summed E-state index contributed by atoms with van der Waals surface area (Å²) in [7, 11) is -3.76. The fourth-order valence-electron chi connectivity index (χ4n) is 2.47. The van der Waals surface area contributed by atoms with Gasteiger partial charge < -0.3 is 5.11 Å². The molecule has 6 nitrogen and oxygen atoms in total. The zero-order valence-electron chi connectivity index (χ0n) is 12.2. The molecule has 21 heavy (non-hydrogen) atoms. The van der Waals surface area contributed by atoms with E-state index in [4.69, 9.17) is 5.11 Å². The average Bonchev–Trinajstić information content (AvgIpc) is 2.47. The van der Waals surface area contributed by atoms with Gasteiger partial charge in [0.2, 0.25) is 10.0 Å². The van der Waals surface area contributed by atoms with Crippen LogP contribution < -0.4 is 0 Å². The molecule has 0 aromatic heterocycles. The van der Waals surface area contributed by atoms with Gasteiger partial charge in [0.1, 0.15) is 0 Å². The van der Waals surface area contributed by atoms with Crippen LogP contribution in [0.2, 0.25) is 0 Å². The Balaban J connectivity index is 2.26. The molecule has 0 radical (unpaired) electrons. The third-order valence-electron chi connectivity index (χ3n) is 3.74. The lowest BCUT2D eigenvalue weighted by atomic mass is 10.2. The van der Waals surface area contributed by atoms with Crippen LogP contribution in [0.25, 0.3) is 0 Å². The molecule has 1 heterocycles. The van der Waals surface area contributed by atoms with Crippen LogP contribution in [0.15, 0.2) is 29.2 Å². The Hall–Kier alpha value is -1.44. The fraction of sp³-hybridized carbons (Fsp3) is 0.500. The number of hydrogen-bond donors (Lipinski definition) is 1.